The van der Waals surface area contributed by atoms with Gasteiger partial charge in [-0.05, 0) is 12.5 Å². The normalized spacial score (nSPS) is 11.6. The minimum absolute atomic E-state index is 0.0567. The molecule has 0 unspecified atom stereocenters. The van der Waals surface area contributed by atoms with Gasteiger partial charge in [0.25, 0.3) is 5.91 Å². The van der Waals surface area contributed by atoms with Crippen molar-refractivity contribution in [3.05, 3.63) is 59.5 Å². The number of nitrogens with zero attached hydrogens (tertiary/aromatic N) is 3. The molecule has 0 saturated heterocycles. The second-order valence-electron chi connectivity index (χ2n) is 5.63. The molecule has 3 rings (SSSR count). The number of carbonyl (C=O) groups excluding carboxylic acids is 2. The Morgan fingerprint density at radius 3 is 2.58 bits per heavy atom. The van der Waals surface area contributed by atoms with Gasteiger partial charge in [0.15, 0.2) is 5.13 Å². The highest BCUT2D eigenvalue weighted by molar-refractivity contribution is 7.14. The third-order valence-electron chi connectivity index (χ3n) is 3.65. The quantitative estimate of drug-likeness (QED) is 0.722. The van der Waals surface area contributed by atoms with E-state index in [1.54, 1.807) is 0 Å². The Morgan fingerprint density at radius 2 is 1.92 bits per heavy atom. The number of hydrogen-bond acceptors (Lipinski definition) is 6. The molecule has 2 heterocycles. The van der Waals surface area contributed by atoms with Gasteiger partial charge in [-0.1, -0.05) is 24.3 Å². The molecule has 3 aromatic rings. The van der Waals surface area contributed by atoms with Crippen LogP contribution >= 0.6 is 11.3 Å². The molecule has 0 radical (unpaired) electrons. The Balaban J connectivity index is 1.69. The first-order valence-electron chi connectivity index (χ1n) is 7.93. The van der Waals surface area contributed by atoms with Crippen LogP contribution < -0.4 is 10.6 Å². The van der Waals surface area contributed by atoms with Crippen LogP contribution in [0.2, 0.25) is 0 Å². The Morgan fingerprint density at radius 1 is 1.15 bits per heavy atom. The molecule has 0 aliphatic heterocycles. The zero-order valence-electron chi connectivity index (χ0n) is 14.3. The first kappa shape index (κ1) is 17.7. The maximum absolute atomic E-state index is 12.1. The van der Waals surface area contributed by atoms with Crippen LogP contribution in [-0.4, -0.2) is 26.8 Å². The van der Waals surface area contributed by atoms with Gasteiger partial charge in [-0.3, -0.25) is 19.9 Å². The molecule has 2 N–H and O–H groups in total. The fourth-order valence-electron chi connectivity index (χ4n) is 2.37. The predicted octanol–water partition coefficient (Wildman–Crippen LogP) is 3.05. The topological polar surface area (TPSA) is 96.9 Å². The standard InChI is InChI=1S/C18H17N5O2S/c1-11(21-12(2)24)13-3-5-14(6-4-13)16-10-26-18(22-16)23-17(25)15-9-19-7-8-20-15/h3-11H,1-2H3,(H,21,24)(H,22,23,25)/t11-/m0/s1. The van der Waals surface area contributed by atoms with Gasteiger partial charge in [-0.15, -0.1) is 11.3 Å². The molecule has 2 aromatic heterocycles. The van der Waals surface area contributed by atoms with Gasteiger partial charge < -0.3 is 5.32 Å². The molecular formula is C18H17N5O2S. The lowest BCUT2D eigenvalue weighted by molar-refractivity contribution is -0.119. The maximum Gasteiger partial charge on any atom is 0.277 e. The molecule has 8 heteroatoms. The average molecular weight is 367 g/mol. The summed E-state index contributed by atoms with van der Waals surface area (Å²) in [6.45, 7) is 3.43. The highest BCUT2D eigenvalue weighted by Crippen LogP contribution is 2.26. The third kappa shape index (κ3) is 4.28. The number of carbonyl (C=O) groups is 2. The highest BCUT2D eigenvalue weighted by Gasteiger charge is 2.12. The van der Waals surface area contributed by atoms with Crippen LogP contribution in [0.1, 0.15) is 35.9 Å². The average Bonchev–Trinajstić information content (AvgIpc) is 3.10. The number of thiazole rings is 1. The van der Waals surface area contributed by atoms with Crippen LogP contribution in [0.5, 0.6) is 0 Å². The minimum Gasteiger partial charge on any atom is -0.350 e. The van der Waals surface area contributed by atoms with Crippen molar-refractivity contribution in [1.29, 1.82) is 0 Å². The third-order valence-corrected chi connectivity index (χ3v) is 4.40. The lowest BCUT2D eigenvalue weighted by atomic mass is 10.1. The first-order chi connectivity index (χ1) is 12.5. The molecule has 26 heavy (non-hydrogen) atoms. The summed E-state index contributed by atoms with van der Waals surface area (Å²) in [6.07, 6.45) is 4.37. The molecule has 0 aliphatic carbocycles. The van der Waals surface area contributed by atoms with Gasteiger partial charge in [0.05, 0.1) is 17.9 Å². The lowest BCUT2D eigenvalue weighted by Gasteiger charge is -2.12. The highest BCUT2D eigenvalue weighted by atomic mass is 32.1. The SMILES string of the molecule is CC(=O)N[C@@H](C)c1ccc(-c2csc(NC(=O)c3cnccn3)n2)cc1. The van der Waals surface area contributed by atoms with Crippen LogP contribution in [0.3, 0.4) is 0 Å². The Hall–Kier alpha value is -3.13. The van der Waals surface area contributed by atoms with Crippen molar-refractivity contribution < 1.29 is 9.59 Å². The van der Waals surface area contributed by atoms with Crippen molar-refractivity contribution in [1.82, 2.24) is 20.3 Å². The van der Waals surface area contributed by atoms with Gasteiger partial charge in [-0.2, -0.15) is 0 Å². The second kappa shape index (κ2) is 7.83. The number of benzene rings is 1. The molecule has 132 valence electrons. The van der Waals surface area contributed by atoms with Gasteiger partial charge in [0.2, 0.25) is 5.91 Å². The van der Waals surface area contributed by atoms with Crippen LogP contribution in [0.15, 0.2) is 48.2 Å². The zero-order valence-corrected chi connectivity index (χ0v) is 15.1. The number of hydrogen-bond donors (Lipinski definition) is 2. The summed E-state index contributed by atoms with van der Waals surface area (Å²) in [6, 6.07) is 7.73. The summed E-state index contributed by atoms with van der Waals surface area (Å²) in [5, 5.41) is 7.93. The molecule has 0 fully saturated rings. The van der Waals surface area contributed by atoms with Gasteiger partial charge in [0, 0.05) is 30.3 Å². The van der Waals surface area contributed by atoms with E-state index in [1.165, 1.54) is 36.9 Å². The summed E-state index contributed by atoms with van der Waals surface area (Å²) < 4.78 is 0. The largest absolute Gasteiger partial charge is 0.350 e. The van der Waals surface area contributed by atoms with Crippen molar-refractivity contribution >= 4 is 28.3 Å². The van der Waals surface area contributed by atoms with Crippen molar-refractivity contribution in [2.75, 3.05) is 5.32 Å². The van der Waals surface area contributed by atoms with Crippen LogP contribution in [0.25, 0.3) is 11.3 Å². The molecule has 1 atom stereocenters. The number of aromatic nitrogens is 3. The summed E-state index contributed by atoms with van der Waals surface area (Å²) in [4.78, 5) is 35.5. The van der Waals surface area contributed by atoms with Crippen molar-refractivity contribution in [2.24, 2.45) is 0 Å². The van der Waals surface area contributed by atoms with E-state index in [0.717, 1.165) is 16.8 Å². The van der Waals surface area contributed by atoms with E-state index in [-0.39, 0.29) is 23.6 Å². The van der Waals surface area contributed by atoms with Crippen molar-refractivity contribution in [3.8, 4) is 11.3 Å². The van der Waals surface area contributed by atoms with E-state index in [9.17, 15) is 9.59 Å². The van der Waals surface area contributed by atoms with E-state index in [1.807, 2.05) is 36.6 Å². The molecule has 0 aliphatic rings. The smallest absolute Gasteiger partial charge is 0.277 e. The fraction of sp³-hybridized carbons (Fsp3) is 0.167. The Labute approximate surface area is 154 Å². The van der Waals surface area contributed by atoms with Crippen LogP contribution in [0, 0.1) is 0 Å². The first-order valence-corrected chi connectivity index (χ1v) is 8.81. The van der Waals surface area contributed by atoms with Crippen LogP contribution in [0.4, 0.5) is 5.13 Å². The number of amides is 2. The molecule has 0 spiro atoms. The monoisotopic (exact) mass is 367 g/mol. The van der Waals surface area contributed by atoms with Gasteiger partial charge in [0.1, 0.15) is 5.69 Å². The Kier molecular flexibility index (Phi) is 5.33. The van der Waals surface area contributed by atoms with E-state index >= 15 is 0 Å². The Bertz CT molecular complexity index is 909. The van der Waals surface area contributed by atoms with Crippen molar-refractivity contribution in [2.45, 2.75) is 19.9 Å². The summed E-state index contributed by atoms with van der Waals surface area (Å²) in [5.74, 6) is -0.414. The fourth-order valence-corrected chi connectivity index (χ4v) is 3.09. The molecule has 0 bridgehead atoms. The molecule has 7 nitrogen and oxygen atoms in total. The molecule has 0 saturated carbocycles. The summed E-state index contributed by atoms with van der Waals surface area (Å²) >= 11 is 1.34. The zero-order chi connectivity index (χ0) is 18.5. The van der Waals surface area contributed by atoms with Crippen LogP contribution in [-0.2, 0) is 4.79 Å². The van der Waals surface area contributed by atoms with Gasteiger partial charge >= 0.3 is 0 Å². The number of rotatable bonds is 5. The number of anilines is 1. The van der Waals surface area contributed by atoms with E-state index in [0.29, 0.717) is 5.13 Å². The van der Waals surface area contributed by atoms with Gasteiger partial charge in [-0.25, -0.2) is 9.97 Å². The van der Waals surface area contributed by atoms with E-state index in [4.69, 9.17) is 0 Å². The molecule has 1 aromatic carbocycles. The number of nitrogens with one attached hydrogen (secondary N) is 2. The molecule has 2 amide bonds. The summed E-state index contributed by atoms with van der Waals surface area (Å²) in [5.41, 5.74) is 2.94. The molecular weight excluding hydrogens is 350 g/mol. The second-order valence-corrected chi connectivity index (χ2v) is 6.48. The predicted molar refractivity (Wildman–Crippen MR) is 99.8 cm³/mol. The van der Waals surface area contributed by atoms with E-state index < -0.39 is 0 Å². The maximum atomic E-state index is 12.1. The van der Waals surface area contributed by atoms with E-state index in [2.05, 4.69) is 25.6 Å². The lowest BCUT2D eigenvalue weighted by Crippen LogP contribution is -2.23. The van der Waals surface area contributed by atoms with Crippen molar-refractivity contribution in [3.63, 3.8) is 0 Å². The summed E-state index contributed by atoms with van der Waals surface area (Å²) in [7, 11) is 0. The minimum atomic E-state index is -0.349.